The van der Waals surface area contributed by atoms with Crippen molar-refractivity contribution in [3.63, 3.8) is 0 Å². The van der Waals surface area contributed by atoms with Crippen molar-refractivity contribution in [3.05, 3.63) is 204 Å². The summed E-state index contributed by atoms with van der Waals surface area (Å²) in [5.41, 5.74) is 14.5. The van der Waals surface area contributed by atoms with Gasteiger partial charge in [0.05, 0.1) is 5.41 Å². The Balaban J connectivity index is 1.16. The van der Waals surface area contributed by atoms with E-state index in [1.165, 1.54) is 72.0 Å². The predicted molar refractivity (Wildman–Crippen MR) is 198 cm³/mol. The van der Waals surface area contributed by atoms with Crippen molar-refractivity contribution >= 4 is 10.8 Å². The molecule has 1 nitrogen and oxygen atoms in total. The number of ether oxygens (including phenoxy) is 1. The van der Waals surface area contributed by atoms with Gasteiger partial charge in [0.25, 0.3) is 0 Å². The van der Waals surface area contributed by atoms with Crippen molar-refractivity contribution in [1.29, 1.82) is 0 Å². The largest absolute Gasteiger partial charge is 0.456 e. The van der Waals surface area contributed by atoms with Crippen LogP contribution in [0.3, 0.4) is 0 Å². The van der Waals surface area contributed by atoms with Crippen LogP contribution in [0.15, 0.2) is 182 Å². The van der Waals surface area contributed by atoms with E-state index in [1.807, 2.05) is 12.1 Å². The van der Waals surface area contributed by atoms with Crippen LogP contribution in [0.2, 0.25) is 0 Å². The molecule has 1 heterocycles. The second kappa shape index (κ2) is 10.4. The first-order chi connectivity index (χ1) is 23.8. The highest BCUT2D eigenvalue weighted by atomic mass is 16.5. The van der Waals surface area contributed by atoms with Crippen molar-refractivity contribution in [1.82, 2.24) is 0 Å². The summed E-state index contributed by atoms with van der Waals surface area (Å²) < 4.78 is 6.40. The summed E-state index contributed by atoms with van der Waals surface area (Å²) in [4.78, 5) is 0. The maximum atomic E-state index is 6.40. The quantitative estimate of drug-likeness (QED) is 0.193. The zero-order chi connectivity index (χ0) is 31.7. The molecule has 8 aromatic carbocycles. The fourth-order valence-electron chi connectivity index (χ4n) is 8.32. The molecule has 0 fully saturated rings. The first-order valence-electron chi connectivity index (χ1n) is 16.6. The predicted octanol–water partition coefficient (Wildman–Crippen LogP) is 12.3. The van der Waals surface area contributed by atoms with E-state index in [2.05, 4.69) is 170 Å². The highest BCUT2D eigenvalue weighted by Crippen LogP contribution is 2.57. The van der Waals surface area contributed by atoms with Crippen molar-refractivity contribution in [2.75, 3.05) is 0 Å². The van der Waals surface area contributed by atoms with Crippen LogP contribution in [0.25, 0.3) is 55.3 Å². The van der Waals surface area contributed by atoms with E-state index in [4.69, 9.17) is 4.74 Å². The second-order valence-electron chi connectivity index (χ2n) is 12.8. The molecule has 0 atom stereocenters. The molecule has 224 valence electrons. The third-order valence-electron chi connectivity index (χ3n) is 10.4. The van der Waals surface area contributed by atoms with E-state index in [0.717, 1.165) is 17.1 Å². The first kappa shape index (κ1) is 27.0. The third kappa shape index (κ3) is 3.79. The standard InChI is InChI=1S/C47H30O/c1-3-15-34(16-4-1)47(35-17-5-2-6-18-35)42-23-9-7-19-37(42)38-26-25-32(30-43(38)47)31-13-11-14-33(29-31)36-27-28-45-46-40(36)21-12-22-41(46)39-20-8-10-24-44(39)48-45/h1-30H. The summed E-state index contributed by atoms with van der Waals surface area (Å²) in [5, 5.41) is 2.37. The lowest BCUT2D eigenvalue weighted by Gasteiger charge is -2.34. The minimum absolute atomic E-state index is 0.422. The lowest BCUT2D eigenvalue weighted by Crippen LogP contribution is -2.28. The molecule has 2 aliphatic rings. The Bertz CT molecular complexity index is 2490. The molecule has 1 heteroatoms. The first-order valence-corrected chi connectivity index (χ1v) is 16.6. The normalized spacial score (nSPS) is 13.3. The maximum Gasteiger partial charge on any atom is 0.135 e. The molecule has 0 aromatic heterocycles. The van der Waals surface area contributed by atoms with Gasteiger partial charge >= 0.3 is 0 Å². The molecule has 10 rings (SSSR count). The summed E-state index contributed by atoms with van der Waals surface area (Å²) in [6.45, 7) is 0. The van der Waals surface area contributed by atoms with Crippen LogP contribution in [0.1, 0.15) is 22.3 Å². The molecular weight excluding hydrogens is 581 g/mol. The van der Waals surface area contributed by atoms with Gasteiger partial charge < -0.3 is 4.74 Å². The van der Waals surface area contributed by atoms with E-state index in [-0.39, 0.29) is 0 Å². The van der Waals surface area contributed by atoms with E-state index >= 15 is 0 Å². The average molecular weight is 611 g/mol. The van der Waals surface area contributed by atoms with Gasteiger partial charge in [0.15, 0.2) is 0 Å². The molecule has 48 heavy (non-hydrogen) atoms. The molecule has 0 unspecified atom stereocenters. The lowest BCUT2D eigenvalue weighted by molar-refractivity contribution is 0.487. The monoisotopic (exact) mass is 610 g/mol. The van der Waals surface area contributed by atoms with Gasteiger partial charge in [-0.2, -0.15) is 0 Å². The molecule has 0 bridgehead atoms. The smallest absolute Gasteiger partial charge is 0.135 e. The van der Waals surface area contributed by atoms with Gasteiger partial charge in [-0.05, 0) is 90.8 Å². The number of rotatable bonds is 4. The van der Waals surface area contributed by atoms with Gasteiger partial charge in [0.2, 0.25) is 0 Å². The summed E-state index contributed by atoms with van der Waals surface area (Å²) in [5.74, 6) is 1.82. The van der Waals surface area contributed by atoms with Crippen molar-refractivity contribution in [2.45, 2.75) is 5.41 Å². The summed E-state index contributed by atoms with van der Waals surface area (Å²) in [6, 6.07) is 66.3. The number of hydrogen-bond acceptors (Lipinski definition) is 1. The minimum Gasteiger partial charge on any atom is -0.456 e. The maximum absolute atomic E-state index is 6.40. The average Bonchev–Trinajstić information content (AvgIpc) is 3.46. The third-order valence-corrected chi connectivity index (χ3v) is 10.4. The summed E-state index contributed by atoms with van der Waals surface area (Å²) in [7, 11) is 0. The van der Waals surface area contributed by atoms with Crippen molar-refractivity contribution in [2.24, 2.45) is 0 Å². The summed E-state index contributed by atoms with van der Waals surface area (Å²) >= 11 is 0. The zero-order valence-corrected chi connectivity index (χ0v) is 26.2. The van der Waals surface area contributed by atoms with E-state index < -0.39 is 5.41 Å². The number of para-hydroxylation sites is 1. The van der Waals surface area contributed by atoms with E-state index in [0.29, 0.717) is 0 Å². The highest BCUT2D eigenvalue weighted by Gasteiger charge is 2.46. The number of hydrogen-bond donors (Lipinski definition) is 0. The fraction of sp³-hybridized carbons (Fsp3) is 0.0213. The molecule has 1 aliphatic carbocycles. The Morgan fingerprint density at radius 1 is 0.333 bits per heavy atom. The Labute approximate surface area is 280 Å². The molecule has 0 amide bonds. The van der Waals surface area contributed by atoms with Crippen molar-refractivity contribution < 1.29 is 4.74 Å². The van der Waals surface area contributed by atoms with Gasteiger partial charge in [-0.1, -0.05) is 158 Å². The summed E-state index contributed by atoms with van der Waals surface area (Å²) in [6.07, 6.45) is 0. The van der Waals surface area contributed by atoms with Gasteiger partial charge in [-0.15, -0.1) is 0 Å². The van der Waals surface area contributed by atoms with Crippen molar-refractivity contribution in [3.8, 4) is 56.0 Å². The Kier molecular flexibility index (Phi) is 5.86. The topological polar surface area (TPSA) is 9.23 Å². The number of benzene rings is 8. The molecule has 0 radical (unpaired) electrons. The van der Waals surface area contributed by atoms with Crippen LogP contribution in [0.4, 0.5) is 0 Å². The van der Waals surface area contributed by atoms with Crippen LogP contribution >= 0.6 is 0 Å². The van der Waals surface area contributed by atoms with Crippen LogP contribution in [-0.2, 0) is 5.41 Å². The molecular formula is C47H30O. The van der Waals surface area contributed by atoms with Gasteiger partial charge in [0.1, 0.15) is 11.5 Å². The van der Waals surface area contributed by atoms with Gasteiger partial charge in [-0.25, -0.2) is 0 Å². The molecule has 0 N–H and O–H groups in total. The van der Waals surface area contributed by atoms with Crippen LogP contribution in [0, 0.1) is 0 Å². The van der Waals surface area contributed by atoms with Gasteiger partial charge in [0, 0.05) is 10.9 Å². The molecule has 0 saturated heterocycles. The van der Waals surface area contributed by atoms with Crippen LogP contribution < -0.4 is 4.74 Å². The van der Waals surface area contributed by atoms with Gasteiger partial charge in [-0.3, -0.25) is 0 Å². The Morgan fingerprint density at radius 2 is 0.938 bits per heavy atom. The lowest BCUT2D eigenvalue weighted by atomic mass is 9.67. The molecule has 0 saturated carbocycles. The molecule has 1 aliphatic heterocycles. The van der Waals surface area contributed by atoms with Crippen LogP contribution in [0.5, 0.6) is 11.5 Å². The number of fused-ring (bicyclic) bond motifs is 5. The fourth-order valence-corrected chi connectivity index (χ4v) is 8.32. The van der Waals surface area contributed by atoms with Crippen LogP contribution in [-0.4, -0.2) is 0 Å². The Hall–Kier alpha value is -6.18. The Morgan fingerprint density at radius 3 is 1.75 bits per heavy atom. The second-order valence-corrected chi connectivity index (χ2v) is 12.8. The van der Waals surface area contributed by atoms with E-state index in [1.54, 1.807) is 0 Å². The zero-order valence-electron chi connectivity index (χ0n) is 26.2. The molecule has 0 spiro atoms. The minimum atomic E-state index is -0.422. The van der Waals surface area contributed by atoms with E-state index in [9.17, 15) is 0 Å². The highest BCUT2D eigenvalue weighted by molar-refractivity contribution is 6.10. The SMILES string of the molecule is c1ccc(C2(c3ccccc3)c3ccccc3-c3ccc(-c4cccc(-c5ccc6c7c(cccc57)-c5ccccc5O6)c4)cc32)cc1. The molecule has 8 aromatic rings.